The molecule has 6 nitrogen and oxygen atoms in total. The predicted octanol–water partition coefficient (Wildman–Crippen LogP) is 1.40. The van der Waals surface area contributed by atoms with E-state index in [2.05, 4.69) is 15.6 Å². The summed E-state index contributed by atoms with van der Waals surface area (Å²) in [6.07, 6.45) is 0. The molecule has 1 aliphatic rings. The summed E-state index contributed by atoms with van der Waals surface area (Å²) in [6, 6.07) is 3.16. The Bertz CT molecular complexity index is 506. The molecule has 0 atom stereocenters. The monoisotopic (exact) mass is 249 g/mol. The van der Waals surface area contributed by atoms with Crippen LogP contribution >= 0.6 is 0 Å². The fourth-order valence-corrected chi connectivity index (χ4v) is 1.50. The molecule has 1 aromatic rings. The van der Waals surface area contributed by atoms with Gasteiger partial charge in [0.2, 0.25) is 5.91 Å². The largest absolute Gasteiger partial charge is 0.455 e. The van der Waals surface area contributed by atoms with Gasteiger partial charge < -0.3 is 15.4 Å². The summed E-state index contributed by atoms with van der Waals surface area (Å²) in [4.78, 5) is 27.1. The molecule has 18 heavy (non-hydrogen) atoms. The summed E-state index contributed by atoms with van der Waals surface area (Å²) in [5.41, 5.74) is 0.224. The smallest absolute Gasteiger partial charge is 0.357 e. The summed E-state index contributed by atoms with van der Waals surface area (Å²) in [5, 5.41) is 5.50. The molecular weight excluding hydrogens is 234 g/mol. The Morgan fingerprint density at radius 2 is 2.11 bits per heavy atom. The molecule has 1 aliphatic heterocycles. The highest BCUT2D eigenvalue weighted by Crippen LogP contribution is 2.23. The molecule has 0 bridgehead atoms. The van der Waals surface area contributed by atoms with Gasteiger partial charge in [-0.15, -0.1) is 0 Å². The van der Waals surface area contributed by atoms with Gasteiger partial charge in [-0.1, -0.05) is 0 Å². The van der Waals surface area contributed by atoms with Crippen LogP contribution in [0.5, 0.6) is 0 Å². The molecule has 96 valence electrons. The van der Waals surface area contributed by atoms with Crippen molar-refractivity contribution < 1.29 is 14.3 Å². The number of hydrogen-bond acceptors (Lipinski definition) is 5. The summed E-state index contributed by atoms with van der Waals surface area (Å²) >= 11 is 0. The van der Waals surface area contributed by atoms with Gasteiger partial charge in [-0.25, -0.2) is 9.78 Å². The van der Waals surface area contributed by atoms with E-state index >= 15 is 0 Å². The molecule has 0 saturated heterocycles. The van der Waals surface area contributed by atoms with Crippen LogP contribution in [0.1, 0.15) is 31.3 Å². The molecule has 0 aliphatic carbocycles. The summed E-state index contributed by atoms with van der Waals surface area (Å²) < 4.78 is 5.22. The zero-order chi connectivity index (χ0) is 13.3. The minimum absolute atomic E-state index is 0.130. The van der Waals surface area contributed by atoms with Crippen molar-refractivity contribution in [3.8, 4) is 0 Å². The fraction of sp³-hybridized carbons (Fsp3) is 0.417. The first-order chi connectivity index (χ1) is 8.35. The standard InChI is InChI=1S/C12H15N3O3/c1-12(2,3)18-11(17)8-5-4-7-10(15-8)13-6-9(16)14-7/h4-5H,6H2,1-3H3,(H,13,15)(H,14,16). The van der Waals surface area contributed by atoms with Crippen molar-refractivity contribution in [1.82, 2.24) is 4.98 Å². The van der Waals surface area contributed by atoms with E-state index in [9.17, 15) is 9.59 Å². The minimum Gasteiger partial charge on any atom is -0.455 e. The highest BCUT2D eigenvalue weighted by Gasteiger charge is 2.21. The van der Waals surface area contributed by atoms with Crippen LogP contribution in [-0.2, 0) is 9.53 Å². The number of esters is 1. The average Bonchev–Trinajstić information content (AvgIpc) is 2.26. The van der Waals surface area contributed by atoms with Crippen molar-refractivity contribution in [3.05, 3.63) is 17.8 Å². The lowest BCUT2D eigenvalue weighted by atomic mass is 10.2. The Hall–Kier alpha value is -2.11. The molecular formula is C12H15N3O3. The molecule has 0 saturated carbocycles. The van der Waals surface area contributed by atoms with Gasteiger partial charge in [-0.3, -0.25) is 4.79 Å². The Morgan fingerprint density at radius 3 is 2.78 bits per heavy atom. The van der Waals surface area contributed by atoms with Gasteiger partial charge in [0.15, 0.2) is 11.5 Å². The molecule has 2 heterocycles. The zero-order valence-electron chi connectivity index (χ0n) is 10.5. The molecule has 0 spiro atoms. The maximum atomic E-state index is 11.8. The van der Waals surface area contributed by atoms with Crippen molar-refractivity contribution in [3.63, 3.8) is 0 Å². The number of rotatable bonds is 1. The molecule has 0 unspecified atom stereocenters. The number of hydrogen-bond donors (Lipinski definition) is 2. The van der Waals surface area contributed by atoms with Crippen molar-refractivity contribution in [2.45, 2.75) is 26.4 Å². The second kappa shape index (κ2) is 4.29. The Kier molecular flexibility index (Phi) is 2.94. The number of anilines is 2. The van der Waals surface area contributed by atoms with Crippen LogP contribution < -0.4 is 10.6 Å². The zero-order valence-corrected chi connectivity index (χ0v) is 10.5. The van der Waals surface area contributed by atoms with Gasteiger partial charge in [-0.05, 0) is 32.9 Å². The number of aromatic nitrogens is 1. The Balaban J connectivity index is 2.21. The number of ether oxygens (including phenoxy) is 1. The van der Waals surface area contributed by atoms with Crippen LogP contribution in [0.4, 0.5) is 11.5 Å². The summed E-state index contributed by atoms with van der Waals surface area (Å²) in [6.45, 7) is 5.53. The van der Waals surface area contributed by atoms with Crippen LogP contribution in [0.25, 0.3) is 0 Å². The molecule has 0 fully saturated rings. The van der Waals surface area contributed by atoms with E-state index in [1.165, 1.54) is 6.07 Å². The third kappa shape index (κ3) is 2.77. The van der Waals surface area contributed by atoms with E-state index in [-0.39, 0.29) is 18.1 Å². The molecule has 6 heteroatoms. The number of pyridine rings is 1. The number of carbonyl (C=O) groups excluding carboxylic acids is 2. The molecule has 1 amide bonds. The molecule has 1 aromatic heterocycles. The molecule has 0 aromatic carbocycles. The van der Waals surface area contributed by atoms with E-state index in [0.29, 0.717) is 11.5 Å². The van der Waals surface area contributed by atoms with E-state index < -0.39 is 11.6 Å². The third-order valence-electron chi connectivity index (χ3n) is 2.19. The maximum absolute atomic E-state index is 11.8. The van der Waals surface area contributed by atoms with Gasteiger partial charge in [0.05, 0.1) is 12.2 Å². The second-order valence-electron chi connectivity index (χ2n) is 5.00. The maximum Gasteiger partial charge on any atom is 0.357 e. The van der Waals surface area contributed by atoms with Crippen molar-refractivity contribution in [1.29, 1.82) is 0 Å². The van der Waals surface area contributed by atoms with Crippen LogP contribution in [0, 0.1) is 0 Å². The lowest BCUT2D eigenvalue weighted by Crippen LogP contribution is -2.29. The minimum atomic E-state index is -0.559. The topological polar surface area (TPSA) is 80.3 Å². The first-order valence-corrected chi connectivity index (χ1v) is 5.63. The average molecular weight is 249 g/mol. The third-order valence-corrected chi connectivity index (χ3v) is 2.19. The molecule has 2 N–H and O–H groups in total. The van der Waals surface area contributed by atoms with Gasteiger partial charge in [0.25, 0.3) is 0 Å². The fourth-order valence-electron chi connectivity index (χ4n) is 1.50. The van der Waals surface area contributed by atoms with E-state index in [0.717, 1.165) is 0 Å². The quantitative estimate of drug-likeness (QED) is 0.735. The van der Waals surface area contributed by atoms with Gasteiger partial charge in [0.1, 0.15) is 5.60 Å². The number of carbonyl (C=O) groups is 2. The SMILES string of the molecule is CC(C)(C)OC(=O)c1ccc2c(n1)NCC(=O)N2. The summed E-state index contributed by atoms with van der Waals surface area (Å²) in [5.74, 6) is -0.128. The Morgan fingerprint density at radius 1 is 1.39 bits per heavy atom. The number of amides is 1. The number of nitrogens with zero attached hydrogens (tertiary/aromatic N) is 1. The van der Waals surface area contributed by atoms with Crippen molar-refractivity contribution in [2.75, 3.05) is 17.2 Å². The first kappa shape index (κ1) is 12.3. The molecule has 0 radical (unpaired) electrons. The second-order valence-corrected chi connectivity index (χ2v) is 5.00. The lowest BCUT2D eigenvalue weighted by molar-refractivity contribution is -0.114. The number of fused-ring (bicyclic) bond motifs is 1. The van der Waals surface area contributed by atoms with Crippen molar-refractivity contribution in [2.24, 2.45) is 0 Å². The van der Waals surface area contributed by atoms with Crippen LogP contribution in [0.2, 0.25) is 0 Å². The van der Waals surface area contributed by atoms with Gasteiger partial charge in [0, 0.05) is 0 Å². The van der Waals surface area contributed by atoms with E-state index in [1.54, 1.807) is 26.8 Å². The highest BCUT2D eigenvalue weighted by atomic mass is 16.6. The van der Waals surface area contributed by atoms with Gasteiger partial charge in [-0.2, -0.15) is 0 Å². The van der Waals surface area contributed by atoms with Crippen molar-refractivity contribution >= 4 is 23.4 Å². The molecule has 2 rings (SSSR count). The summed E-state index contributed by atoms with van der Waals surface area (Å²) in [7, 11) is 0. The normalized spacial score (nSPS) is 14.3. The lowest BCUT2D eigenvalue weighted by Gasteiger charge is -2.21. The Labute approximate surface area is 105 Å². The van der Waals surface area contributed by atoms with Crippen LogP contribution in [0.15, 0.2) is 12.1 Å². The van der Waals surface area contributed by atoms with Gasteiger partial charge >= 0.3 is 5.97 Å². The predicted molar refractivity (Wildman–Crippen MR) is 66.5 cm³/mol. The van der Waals surface area contributed by atoms with Crippen LogP contribution in [-0.4, -0.2) is 29.0 Å². The highest BCUT2D eigenvalue weighted by molar-refractivity contribution is 6.00. The van der Waals surface area contributed by atoms with E-state index in [1.807, 2.05) is 0 Å². The van der Waals surface area contributed by atoms with Crippen LogP contribution in [0.3, 0.4) is 0 Å². The first-order valence-electron chi connectivity index (χ1n) is 5.63. The number of nitrogens with one attached hydrogen (secondary N) is 2. The van der Waals surface area contributed by atoms with E-state index in [4.69, 9.17) is 4.74 Å².